The molecule has 0 amide bonds. The number of ether oxygens (including phenoxy) is 3. The highest BCUT2D eigenvalue weighted by Crippen LogP contribution is 2.32. The van der Waals surface area contributed by atoms with Crippen molar-refractivity contribution < 1.29 is 19.3 Å². The van der Waals surface area contributed by atoms with Crippen molar-refractivity contribution >= 4 is 0 Å². The first kappa shape index (κ1) is 14.1. The lowest BCUT2D eigenvalue weighted by Crippen LogP contribution is -2.05. The van der Waals surface area contributed by atoms with Gasteiger partial charge in [-0.1, -0.05) is 0 Å². The summed E-state index contributed by atoms with van der Waals surface area (Å²) in [6.07, 6.45) is 0.403. The van der Waals surface area contributed by atoms with Gasteiger partial charge in [-0.05, 0) is 12.1 Å². The highest BCUT2D eigenvalue weighted by molar-refractivity contribution is 5.44. The summed E-state index contributed by atoms with van der Waals surface area (Å²) in [5.41, 5.74) is 1.02. The predicted octanol–water partition coefficient (Wildman–Crippen LogP) is 1.58. The Balaban J connectivity index is 2.39. The number of benzene rings is 1. The van der Waals surface area contributed by atoms with E-state index in [2.05, 4.69) is 9.97 Å². The molecule has 20 heavy (non-hydrogen) atoms. The summed E-state index contributed by atoms with van der Waals surface area (Å²) in [6.45, 7) is 0. The molecule has 0 aliphatic carbocycles. The van der Waals surface area contributed by atoms with Crippen LogP contribution < -0.4 is 14.2 Å². The number of aromatic nitrogens is 2. The maximum Gasteiger partial charge on any atom is 0.216 e. The van der Waals surface area contributed by atoms with E-state index < -0.39 is 6.10 Å². The minimum atomic E-state index is -0.937. The van der Waals surface area contributed by atoms with Crippen molar-refractivity contribution in [3.8, 4) is 17.4 Å². The summed E-state index contributed by atoms with van der Waals surface area (Å²) in [4.78, 5) is 7.96. The number of nitrogens with zero attached hydrogens (tertiary/aromatic N) is 2. The fourth-order valence-electron chi connectivity index (χ4n) is 1.82. The van der Waals surface area contributed by atoms with Crippen LogP contribution in [0.4, 0.5) is 0 Å². The highest BCUT2D eigenvalue weighted by atomic mass is 16.5. The number of aliphatic hydroxyl groups excluding tert-OH is 1. The largest absolute Gasteiger partial charge is 0.497 e. The highest BCUT2D eigenvalue weighted by Gasteiger charge is 2.18. The molecule has 6 heteroatoms. The predicted molar refractivity (Wildman–Crippen MR) is 72.2 cm³/mol. The van der Waals surface area contributed by atoms with Crippen molar-refractivity contribution in [3.05, 3.63) is 41.9 Å². The van der Waals surface area contributed by atoms with E-state index in [0.29, 0.717) is 28.6 Å². The van der Waals surface area contributed by atoms with E-state index in [-0.39, 0.29) is 0 Å². The molecule has 2 rings (SSSR count). The summed E-state index contributed by atoms with van der Waals surface area (Å²) < 4.78 is 15.4. The van der Waals surface area contributed by atoms with Gasteiger partial charge in [-0.3, -0.25) is 0 Å². The summed E-state index contributed by atoms with van der Waals surface area (Å²) >= 11 is 0. The second-order valence-corrected chi connectivity index (χ2v) is 4.00. The average molecular weight is 276 g/mol. The lowest BCUT2D eigenvalue weighted by Gasteiger charge is -2.15. The molecule has 0 saturated carbocycles. The number of rotatable bonds is 5. The summed E-state index contributed by atoms with van der Waals surface area (Å²) in [5, 5.41) is 10.4. The van der Waals surface area contributed by atoms with E-state index in [1.54, 1.807) is 31.4 Å². The van der Waals surface area contributed by atoms with Gasteiger partial charge in [0.2, 0.25) is 5.88 Å². The van der Waals surface area contributed by atoms with Gasteiger partial charge in [-0.25, -0.2) is 9.97 Å². The molecule has 0 aliphatic rings. The van der Waals surface area contributed by atoms with Gasteiger partial charge in [0, 0.05) is 17.7 Å². The number of methoxy groups -OCH3 is 3. The monoisotopic (exact) mass is 276 g/mol. The molecule has 2 aromatic rings. The van der Waals surface area contributed by atoms with Gasteiger partial charge in [0.1, 0.15) is 23.9 Å². The quantitative estimate of drug-likeness (QED) is 0.894. The zero-order valence-corrected chi connectivity index (χ0v) is 11.5. The zero-order valence-electron chi connectivity index (χ0n) is 11.5. The van der Waals surface area contributed by atoms with Gasteiger partial charge < -0.3 is 19.3 Å². The van der Waals surface area contributed by atoms with E-state index in [4.69, 9.17) is 14.2 Å². The minimum absolute atomic E-state index is 0.390. The van der Waals surface area contributed by atoms with Gasteiger partial charge in [0.25, 0.3) is 0 Å². The molecule has 1 atom stereocenters. The number of aliphatic hydroxyl groups is 1. The SMILES string of the molecule is COc1ccc(C(O)c2cc(OC)ncn2)c(OC)c1. The lowest BCUT2D eigenvalue weighted by molar-refractivity contribution is 0.208. The molecular weight excluding hydrogens is 260 g/mol. The Labute approximate surface area is 117 Å². The molecule has 6 nitrogen and oxygen atoms in total. The van der Waals surface area contributed by atoms with Crippen LogP contribution in [0.25, 0.3) is 0 Å². The molecule has 1 aromatic carbocycles. The van der Waals surface area contributed by atoms with Crippen LogP contribution in [0.1, 0.15) is 17.4 Å². The normalized spacial score (nSPS) is 11.8. The van der Waals surface area contributed by atoms with Crippen LogP contribution in [0, 0.1) is 0 Å². The fourth-order valence-corrected chi connectivity index (χ4v) is 1.82. The Bertz CT molecular complexity index is 589. The van der Waals surface area contributed by atoms with E-state index in [0.717, 1.165) is 0 Å². The Morgan fingerprint density at radius 1 is 1.00 bits per heavy atom. The topological polar surface area (TPSA) is 73.7 Å². The first-order valence-corrected chi connectivity index (χ1v) is 5.95. The first-order valence-electron chi connectivity index (χ1n) is 5.95. The zero-order chi connectivity index (χ0) is 14.5. The third-order valence-corrected chi connectivity index (χ3v) is 2.89. The molecule has 0 spiro atoms. The van der Waals surface area contributed by atoms with Crippen LogP contribution in [0.3, 0.4) is 0 Å². The van der Waals surface area contributed by atoms with E-state index in [1.165, 1.54) is 20.5 Å². The van der Waals surface area contributed by atoms with Crippen LogP contribution in [0.2, 0.25) is 0 Å². The maximum atomic E-state index is 10.4. The van der Waals surface area contributed by atoms with Gasteiger partial charge in [-0.2, -0.15) is 0 Å². The number of hydrogen-bond acceptors (Lipinski definition) is 6. The molecule has 1 N–H and O–H groups in total. The van der Waals surface area contributed by atoms with Crippen molar-refractivity contribution in [1.82, 2.24) is 9.97 Å². The molecule has 1 unspecified atom stereocenters. The molecule has 0 fully saturated rings. The third kappa shape index (κ3) is 2.80. The van der Waals surface area contributed by atoms with Crippen LogP contribution in [-0.2, 0) is 0 Å². The fraction of sp³-hybridized carbons (Fsp3) is 0.286. The third-order valence-electron chi connectivity index (χ3n) is 2.89. The second kappa shape index (κ2) is 6.21. The molecule has 0 aliphatic heterocycles. The smallest absolute Gasteiger partial charge is 0.216 e. The molecule has 0 radical (unpaired) electrons. The molecule has 0 saturated heterocycles. The van der Waals surface area contributed by atoms with E-state index >= 15 is 0 Å². The first-order chi connectivity index (χ1) is 9.69. The molecular formula is C14H16N2O4. The Morgan fingerprint density at radius 3 is 2.45 bits per heavy atom. The Kier molecular flexibility index (Phi) is 4.37. The van der Waals surface area contributed by atoms with E-state index in [9.17, 15) is 5.11 Å². The Hall–Kier alpha value is -2.34. The van der Waals surface area contributed by atoms with Gasteiger partial charge in [0.15, 0.2) is 0 Å². The van der Waals surface area contributed by atoms with Crippen molar-refractivity contribution in [3.63, 3.8) is 0 Å². The lowest BCUT2D eigenvalue weighted by atomic mass is 10.0. The van der Waals surface area contributed by atoms with Crippen molar-refractivity contribution in [2.24, 2.45) is 0 Å². The van der Waals surface area contributed by atoms with Crippen LogP contribution in [-0.4, -0.2) is 36.4 Å². The molecule has 0 bridgehead atoms. The summed E-state index contributed by atoms with van der Waals surface area (Å²) in [5.74, 6) is 1.56. The second-order valence-electron chi connectivity index (χ2n) is 4.00. The van der Waals surface area contributed by atoms with Crippen molar-refractivity contribution in [2.75, 3.05) is 21.3 Å². The summed E-state index contributed by atoms with van der Waals surface area (Å²) in [7, 11) is 4.61. The molecule has 106 valence electrons. The molecule has 1 aromatic heterocycles. The maximum absolute atomic E-state index is 10.4. The minimum Gasteiger partial charge on any atom is -0.497 e. The standard InChI is InChI=1S/C14H16N2O4/c1-18-9-4-5-10(12(6-9)19-2)14(17)11-7-13(20-3)16-8-15-11/h4-8,14,17H,1-3H3. The van der Waals surface area contributed by atoms with Gasteiger partial charge in [0.05, 0.1) is 27.0 Å². The van der Waals surface area contributed by atoms with Crippen LogP contribution >= 0.6 is 0 Å². The summed E-state index contributed by atoms with van der Waals surface area (Å²) in [6, 6.07) is 6.77. The number of hydrogen-bond donors (Lipinski definition) is 1. The van der Waals surface area contributed by atoms with Gasteiger partial charge in [-0.15, -0.1) is 0 Å². The van der Waals surface area contributed by atoms with Crippen LogP contribution in [0.5, 0.6) is 17.4 Å². The Morgan fingerprint density at radius 2 is 1.80 bits per heavy atom. The van der Waals surface area contributed by atoms with Gasteiger partial charge >= 0.3 is 0 Å². The van der Waals surface area contributed by atoms with Crippen molar-refractivity contribution in [2.45, 2.75) is 6.10 Å². The molecule has 1 heterocycles. The van der Waals surface area contributed by atoms with E-state index in [1.807, 2.05) is 0 Å². The van der Waals surface area contributed by atoms with Crippen LogP contribution in [0.15, 0.2) is 30.6 Å². The van der Waals surface area contributed by atoms with Crippen molar-refractivity contribution in [1.29, 1.82) is 0 Å². The average Bonchev–Trinajstić information content (AvgIpc) is 2.53.